The van der Waals surface area contributed by atoms with E-state index in [4.69, 9.17) is 0 Å². The van der Waals surface area contributed by atoms with Crippen molar-refractivity contribution >= 4 is 22.8 Å². The van der Waals surface area contributed by atoms with E-state index in [1.165, 1.54) is 24.3 Å². The molecular weight excluding hydrogens is 293 g/mol. The van der Waals surface area contributed by atoms with E-state index >= 15 is 0 Å². The Kier molecular flexibility index (Phi) is 3.33. The summed E-state index contributed by atoms with van der Waals surface area (Å²) >= 11 is 0. The normalized spacial score (nSPS) is 13.6. The summed E-state index contributed by atoms with van der Waals surface area (Å²) in [5.74, 6) is 0.608. The highest BCUT2D eigenvalue weighted by Gasteiger charge is 2.27. The topological polar surface area (TPSA) is 37.9 Å². The number of aromatic nitrogens is 2. The molecule has 5 heteroatoms. The van der Waals surface area contributed by atoms with E-state index in [1.54, 1.807) is 0 Å². The molecule has 1 aliphatic rings. The zero-order chi connectivity index (χ0) is 15.8. The van der Waals surface area contributed by atoms with Crippen LogP contribution in [0.1, 0.15) is 16.8 Å². The monoisotopic (exact) mass is 310 g/mol. The molecule has 4 rings (SSSR count). The molecule has 0 unspecified atom stereocenters. The van der Waals surface area contributed by atoms with Crippen molar-refractivity contribution in [2.75, 3.05) is 11.9 Å². The SMILES string of the molecule is O=C(Cn1c2[n+](c3ccccc31)CCCN2)c1ccc(F)cc1. The maximum absolute atomic E-state index is 13.0. The summed E-state index contributed by atoms with van der Waals surface area (Å²) in [6, 6.07) is 13.8. The first-order valence-corrected chi connectivity index (χ1v) is 7.78. The van der Waals surface area contributed by atoms with Gasteiger partial charge in [0, 0.05) is 12.0 Å². The molecule has 23 heavy (non-hydrogen) atoms. The van der Waals surface area contributed by atoms with Crippen LogP contribution in [-0.4, -0.2) is 16.9 Å². The Bertz CT molecular complexity index is 883. The van der Waals surface area contributed by atoms with Crippen LogP contribution in [0.3, 0.4) is 0 Å². The maximum Gasteiger partial charge on any atom is 0.358 e. The van der Waals surface area contributed by atoms with Gasteiger partial charge in [-0.15, -0.1) is 0 Å². The molecule has 1 aromatic heterocycles. The van der Waals surface area contributed by atoms with Crippen molar-refractivity contribution in [1.82, 2.24) is 4.57 Å². The number of rotatable bonds is 3. The minimum atomic E-state index is -0.331. The second-order valence-electron chi connectivity index (χ2n) is 5.76. The first-order chi connectivity index (χ1) is 11.2. The molecule has 0 spiro atoms. The fourth-order valence-corrected chi connectivity index (χ4v) is 3.18. The van der Waals surface area contributed by atoms with Crippen molar-refractivity contribution < 1.29 is 13.8 Å². The minimum absolute atomic E-state index is 0.0264. The van der Waals surface area contributed by atoms with Gasteiger partial charge in [-0.25, -0.2) is 13.5 Å². The summed E-state index contributed by atoms with van der Waals surface area (Å²) in [6.07, 6.45) is 1.07. The average Bonchev–Trinajstić information content (AvgIpc) is 2.90. The summed E-state index contributed by atoms with van der Waals surface area (Å²) in [7, 11) is 0. The fraction of sp³-hybridized carbons (Fsp3) is 0.222. The zero-order valence-electron chi connectivity index (χ0n) is 12.6. The third-order valence-corrected chi connectivity index (χ3v) is 4.28. The molecule has 3 aromatic rings. The molecule has 0 radical (unpaired) electrons. The second-order valence-corrected chi connectivity index (χ2v) is 5.76. The number of Topliss-reactive ketones (excluding diaryl/α,β-unsaturated/α-hetero) is 1. The molecular formula is C18H17FN3O+. The lowest BCUT2D eigenvalue weighted by atomic mass is 10.1. The quantitative estimate of drug-likeness (QED) is 0.597. The van der Waals surface area contributed by atoms with Crippen LogP contribution in [0.15, 0.2) is 48.5 Å². The minimum Gasteiger partial charge on any atom is -0.291 e. The van der Waals surface area contributed by atoms with Crippen LogP contribution < -0.4 is 9.88 Å². The van der Waals surface area contributed by atoms with Crippen LogP contribution >= 0.6 is 0 Å². The van der Waals surface area contributed by atoms with E-state index in [2.05, 4.69) is 16.0 Å². The molecule has 2 aromatic carbocycles. The number of halogens is 1. The van der Waals surface area contributed by atoms with Gasteiger partial charge in [0.05, 0.1) is 13.1 Å². The van der Waals surface area contributed by atoms with Crippen LogP contribution in [0.4, 0.5) is 10.3 Å². The van der Waals surface area contributed by atoms with Gasteiger partial charge in [-0.2, -0.15) is 0 Å². The summed E-state index contributed by atoms with van der Waals surface area (Å²) in [4.78, 5) is 12.6. The number of carbonyl (C=O) groups excluding carboxylic acids is 1. The largest absolute Gasteiger partial charge is 0.358 e. The first kappa shape index (κ1) is 13.9. The van der Waals surface area contributed by atoms with Gasteiger partial charge in [0.2, 0.25) is 0 Å². The van der Waals surface area contributed by atoms with Gasteiger partial charge >= 0.3 is 5.95 Å². The van der Waals surface area contributed by atoms with Crippen LogP contribution in [0.2, 0.25) is 0 Å². The van der Waals surface area contributed by atoms with Crippen molar-refractivity contribution in [3.63, 3.8) is 0 Å². The predicted octanol–water partition coefficient (Wildman–Crippen LogP) is 2.77. The van der Waals surface area contributed by atoms with Gasteiger partial charge in [-0.1, -0.05) is 12.1 Å². The number of ketones is 1. The molecule has 1 N–H and O–H groups in total. The highest BCUT2D eigenvalue weighted by molar-refractivity contribution is 5.96. The van der Waals surface area contributed by atoms with Gasteiger partial charge in [-0.3, -0.25) is 10.1 Å². The van der Waals surface area contributed by atoms with E-state index in [0.717, 1.165) is 36.5 Å². The number of hydrogen-bond donors (Lipinski definition) is 1. The molecule has 0 aliphatic carbocycles. The number of aryl methyl sites for hydroxylation is 1. The number of nitrogens with one attached hydrogen (secondary N) is 1. The summed E-state index contributed by atoms with van der Waals surface area (Å²) in [5, 5.41) is 3.40. The third-order valence-electron chi connectivity index (χ3n) is 4.28. The number of fused-ring (bicyclic) bond motifs is 3. The number of carbonyl (C=O) groups is 1. The van der Waals surface area contributed by atoms with Crippen LogP contribution in [0, 0.1) is 5.82 Å². The lowest BCUT2D eigenvalue weighted by molar-refractivity contribution is -0.661. The maximum atomic E-state index is 13.0. The number of hydrogen-bond acceptors (Lipinski definition) is 2. The van der Waals surface area contributed by atoms with Gasteiger partial charge in [0.15, 0.2) is 5.78 Å². The molecule has 0 saturated carbocycles. The van der Waals surface area contributed by atoms with Crippen molar-refractivity contribution in [3.8, 4) is 0 Å². The van der Waals surface area contributed by atoms with Gasteiger partial charge in [0.25, 0.3) is 0 Å². The Morgan fingerprint density at radius 2 is 1.96 bits per heavy atom. The van der Waals surface area contributed by atoms with Crippen molar-refractivity contribution in [2.24, 2.45) is 0 Å². The van der Waals surface area contributed by atoms with Gasteiger partial charge < -0.3 is 0 Å². The van der Waals surface area contributed by atoms with E-state index < -0.39 is 0 Å². The highest BCUT2D eigenvalue weighted by atomic mass is 19.1. The lowest BCUT2D eigenvalue weighted by Gasteiger charge is -2.11. The number of imidazole rings is 1. The number of nitrogens with zero attached hydrogens (tertiary/aromatic N) is 2. The Labute approximate surface area is 133 Å². The highest BCUT2D eigenvalue weighted by Crippen LogP contribution is 2.21. The number of anilines is 1. The van der Waals surface area contributed by atoms with Crippen molar-refractivity contribution in [2.45, 2.75) is 19.5 Å². The molecule has 2 heterocycles. The molecule has 0 amide bonds. The van der Waals surface area contributed by atoms with Crippen molar-refractivity contribution in [1.29, 1.82) is 0 Å². The number of benzene rings is 2. The molecule has 0 bridgehead atoms. The predicted molar refractivity (Wildman–Crippen MR) is 86.0 cm³/mol. The first-order valence-electron chi connectivity index (χ1n) is 7.78. The lowest BCUT2D eigenvalue weighted by Crippen LogP contribution is -2.42. The molecule has 0 atom stereocenters. The molecule has 0 saturated heterocycles. The van der Waals surface area contributed by atoms with Gasteiger partial charge in [-0.05, 0) is 36.4 Å². The Balaban J connectivity index is 1.76. The van der Waals surface area contributed by atoms with E-state index in [9.17, 15) is 9.18 Å². The van der Waals surface area contributed by atoms with Crippen molar-refractivity contribution in [3.05, 3.63) is 59.9 Å². The number of para-hydroxylation sites is 2. The Morgan fingerprint density at radius 1 is 1.17 bits per heavy atom. The molecule has 0 fully saturated rings. The van der Waals surface area contributed by atoms with Gasteiger partial charge in [0.1, 0.15) is 23.4 Å². The Hall–Kier alpha value is -2.69. The third kappa shape index (κ3) is 2.38. The van der Waals surface area contributed by atoms with Crippen LogP contribution in [0.5, 0.6) is 0 Å². The zero-order valence-corrected chi connectivity index (χ0v) is 12.6. The average molecular weight is 310 g/mol. The summed E-state index contributed by atoms with van der Waals surface area (Å²) in [6.45, 7) is 2.09. The second kappa shape index (κ2) is 5.50. The smallest absolute Gasteiger partial charge is 0.291 e. The summed E-state index contributed by atoms with van der Waals surface area (Å²) in [5.41, 5.74) is 2.69. The van der Waals surface area contributed by atoms with Crippen LogP contribution in [0.25, 0.3) is 11.0 Å². The Morgan fingerprint density at radius 3 is 2.78 bits per heavy atom. The van der Waals surface area contributed by atoms with E-state index in [0.29, 0.717) is 5.56 Å². The van der Waals surface area contributed by atoms with E-state index in [1.807, 2.05) is 22.8 Å². The van der Waals surface area contributed by atoms with Crippen LogP contribution in [-0.2, 0) is 13.1 Å². The molecule has 116 valence electrons. The molecule has 1 aliphatic heterocycles. The summed E-state index contributed by atoms with van der Waals surface area (Å²) < 4.78 is 17.3. The molecule has 4 nitrogen and oxygen atoms in total. The standard InChI is InChI=1S/C18H16FN3O/c19-14-8-6-13(7-9-14)17(23)12-22-16-5-2-1-4-15(16)21-11-3-10-20-18(21)22/h1-2,4-9H,3,10-12H2/p+1. The fourth-order valence-electron chi connectivity index (χ4n) is 3.18. The van der Waals surface area contributed by atoms with E-state index in [-0.39, 0.29) is 18.1 Å².